The summed E-state index contributed by atoms with van der Waals surface area (Å²) >= 11 is 0. The van der Waals surface area contributed by atoms with E-state index in [-0.39, 0.29) is 30.7 Å². The maximum absolute atomic E-state index is 13.5. The largest absolute Gasteiger partial charge is 0.366 e. The average molecular weight is 506 g/mol. The second-order valence-electron chi connectivity index (χ2n) is 9.16. The standard InChI is InChI=1S/C26H25F2N7O2/c27-20-5-1-16(7-21(20)28)13-35-14-30-11-19(26(35)37)25(36)32-10-15-2-6-22-23(8-15)34-24(12-31-22)33-18-4-3-17(29)9-18/h1-2,5-8,11-12,14,17-18H,3-4,9-10,13,29H2,(H,32,36)(H,33,34). The second-order valence-corrected chi connectivity index (χ2v) is 9.16. The smallest absolute Gasteiger partial charge is 0.266 e. The Morgan fingerprint density at radius 1 is 1.05 bits per heavy atom. The Kier molecular flexibility index (Phi) is 6.87. The zero-order chi connectivity index (χ0) is 25.9. The Labute approximate surface area is 210 Å². The highest BCUT2D eigenvalue weighted by molar-refractivity contribution is 5.93. The number of halogens is 2. The molecule has 2 aromatic carbocycles. The van der Waals surface area contributed by atoms with Gasteiger partial charge in [-0.25, -0.2) is 18.7 Å². The van der Waals surface area contributed by atoms with Crippen LogP contribution in [-0.2, 0) is 13.1 Å². The van der Waals surface area contributed by atoms with Crippen LogP contribution in [0.5, 0.6) is 0 Å². The molecule has 2 aromatic heterocycles. The first-order valence-corrected chi connectivity index (χ1v) is 11.9. The van der Waals surface area contributed by atoms with E-state index in [4.69, 9.17) is 5.73 Å². The van der Waals surface area contributed by atoms with Crippen molar-refractivity contribution in [2.24, 2.45) is 5.73 Å². The molecular formula is C26H25F2N7O2. The molecule has 1 saturated carbocycles. The quantitative estimate of drug-likeness (QED) is 0.352. The van der Waals surface area contributed by atoms with Crippen LogP contribution >= 0.6 is 0 Å². The van der Waals surface area contributed by atoms with Crippen LogP contribution in [0.2, 0.25) is 0 Å². The van der Waals surface area contributed by atoms with Crippen LogP contribution in [0.25, 0.3) is 11.0 Å². The highest BCUT2D eigenvalue weighted by atomic mass is 19.2. The van der Waals surface area contributed by atoms with Gasteiger partial charge in [0.15, 0.2) is 11.6 Å². The van der Waals surface area contributed by atoms with Gasteiger partial charge in [-0.1, -0.05) is 12.1 Å². The van der Waals surface area contributed by atoms with Crippen molar-refractivity contribution in [3.63, 3.8) is 0 Å². The first-order valence-electron chi connectivity index (χ1n) is 11.9. The zero-order valence-corrected chi connectivity index (χ0v) is 19.8. The lowest BCUT2D eigenvalue weighted by molar-refractivity contribution is 0.0948. The van der Waals surface area contributed by atoms with Gasteiger partial charge in [-0.3, -0.25) is 19.1 Å². The van der Waals surface area contributed by atoms with Crippen molar-refractivity contribution in [3.05, 3.63) is 93.8 Å². The van der Waals surface area contributed by atoms with Crippen molar-refractivity contribution in [1.29, 1.82) is 0 Å². The minimum absolute atomic E-state index is 0.0589. The summed E-state index contributed by atoms with van der Waals surface area (Å²) in [6.07, 6.45) is 6.98. The van der Waals surface area contributed by atoms with E-state index in [1.807, 2.05) is 18.2 Å². The molecule has 11 heteroatoms. The highest BCUT2D eigenvalue weighted by Gasteiger charge is 2.22. The second kappa shape index (κ2) is 10.4. The third kappa shape index (κ3) is 5.61. The fraction of sp³-hybridized carbons (Fsp3) is 0.269. The summed E-state index contributed by atoms with van der Waals surface area (Å²) < 4.78 is 27.9. The highest BCUT2D eigenvalue weighted by Crippen LogP contribution is 2.22. The molecule has 190 valence electrons. The number of nitrogens with one attached hydrogen (secondary N) is 2. The molecule has 0 spiro atoms. The summed E-state index contributed by atoms with van der Waals surface area (Å²) in [6, 6.07) is 9.30. The molecule has 2 unspecified atom stereocenters. The first-order chi connectivity index (χ1) is 17.9. The third-order valence-corrected chi connectivity index (χ3v) is 6.37. The Morgan fingerprint density at radius 3 is 2.68 bits per heavy atom. The SMILES string of the molecule is NC1CCC(Nc2cnc3ccc(CNC(=O)c4cncn(Cc5ccc(F)c(F)c5)c4=O)cc3n2)C1. The molecule has 2 heterocycles. The van der Waals surface area contributed by atoms with Gasteiger partial charge in [-0.15, -0.1) is 0 Å². The maximum Gasteiger partial charge on any atom is 0.266 e. The number of anilines is 1. The summed E-state index contributed by atoms with van der Waals surface area (Å²) in [4.78, 5) is 38.6. The number of carbonyl (C=O) groups is 1. The number of rotatable bonds is 7. The molecule has 1 aliphatic carbocycles. The van der Waals surface area contributed by atoms with Gasteiger partial charge in [0.25, 0.3) is 11.5 Å². The lowest BCUT2D eigenvalue weighted by atomic mass is 10.2. The van der Waals surface area contributed by atoms with Crippen molar-refractivity contribution in [3.8, 4) is 0 Å². The van der Waals surface area contributed by atoms with Gasteiger partial charge in [0, 0.05) is 24.8 Å². The van der Waals surface area contributed by atoms with Gasteiger partial charge < -0.3 is 16.4 Å². The predicted octanol–water partition coefficient (Wildman–Crippen LogP) is 2.73. The molecule has 5 rings (SSSR count). The molecular weight excluding hydrogens is 480 g/mol. The number of aromatic nitrogens is 4. The van der Waals surface area contributed by atoms with Crippen LogP contribution in [-0.4, -0.2) is 37.5 Å². The van der Waals surface area contributed by atoms with Crippen LogP contribution in [0.4, 0.5) is 14.6 Å². The number of carbonyl (C=O) groups excluding carboxylic acids is 1. The monoisotopic (exact) mass is 505 g/mol. The van der Waals surface area contributed by atoms with E-state index in [1.165, 1.54) is 23.2 Å². The minimum Gasteiger partial charge on any atom is -0.366 e. The van der Waals surface area contributed by atoms with Crippen LogP contribution in [0.3, 0.4) is 0 Å². The molecule has 1 aliphatic rings. The van der Waals surface area contributed by atoms with Gasteiger partial charge >= 0.3 is 0 Å². The predicted molar refractivity (Wildman–Crippen MR) is 134 cm³/mol. The van der Waals surface area contributed by atoms with Gasteiger partial charge in [0.05, 0.1) is 30.1 Å². The number of fused-ring (bicyclic) bond motifs is 1. The normalized spacial score (nSPS) is 17.2. The minimum atomic E-state index is -1.02. The molecule has 0 saturated heterocycles. The van der Waals surface area contributed by atoms with E-state index in [2.05, 4.69) is 25.6 Å². The number of hydrogen-bond acceptors (Lipinski definition) is 7. The average Bonchev–Trinajstić information content (AvgIpc) is 3.30. The van der Waals surface area contributed by atoms with E-state index in [9.17, 15) is 18.4 Å². The number of benzene rings is 2. The number of hydrogen-bond donors (Lipinski definition) is 3. The van der Waals surface area contributed by atoms with Crippen molar-refractivity contribution in [2.45, 2.75) is 44.4 Å². The van der Waals surface area contributed by atoms with E-state index in [0.29, 0.717) is 16.9 Å². The fourth-order valence-corrected chi connectivity index (χ4v) is 4.42. The molecule has 9 nitrogen and oxygen atoms in total. The van der Waals surface area contributed by atoms with Crippen molar-refractivity contribution >= 4 is 22.8 Å². The van der Waals surface area contributed by atoms with Gasteiger partial charge in [0.2, 0.25) is 0 Å². The van der Waals surface area contributed by atoms with Crippen LogP contribution in [0.15, 0.2) is 59.9 Å². The summed E-state index contributed by atoms with van der Waals surface area (Å²) in [5, 5.41) is 6.11. The molecule has 2 atom stereocenters. The zero-order valence-electron chi connectivity index (χ0n) is 19.8. The topological polar surface area (TPSA) is 128 Å². The molecule has 1 amide bonds. The van der Waals surface area contributed by atoms with E-state index < -0.39 is 23.1 Å². The Bertz CT molecular complexity index is 1520. The number of nitrogens with two attached hydrogens (primary N) is 1. The Morgan fingerprint density at radius 2 is 1.89 bits per heavy atom. The molecule has 0 radical (unpaired) electrons. The van der Waals surface area contributed by atoms with E-state index >= 15 is 0 Å². The molecule has 4 N–H and O–H groups in total. The van der Waals surface area contributed by atoms with E-state index in [0.717, 1.165) is 42.5 Å². The number of nitrogens with zero attached hydrogens (tertiary/aromatic N) is 4. The summed E-state index contributed by atoms with van der Waals surface area (Å²) in [5.74, 6) is -1.92. The Balaban J connectivity index is 1.27. The molecule has 4 aromatic rings. The van der Waals surface area contributed by atoms with Gasteiger partial charge in [-0.2, -0.15) is 0 Å². The fourth-order valence-electron chi connectivity index (χ4n) is 4.42. The lowest BCUT2D eigenvalue weighted by Crippen LogP contribution is -2.33. The summed E-state index contributed by atoms with van der Waals surface area (Å²) in [6.45, 7) is 0.0970. The van der Waals surface area contributed by atoms with E-state index in [1.54, 1.807) is 6.20 Å². The molecule has 0 aliphatic heterocycles. The molecule has 0 bridgehead atoms. The number of amides is 1. The summed E-state index contributed by atoms with van der Waals surface area (Å²) in [7, 11) is 0. The third-order valence-electron chi connectivity index (χ3n) is 6.37. The summed E-state index contributed by atoms with van der Waals surface area (Å²) in [5.41, 5.74) is 7.77. The van der Waals surface area contributed by atoms with Crippen LogP contribution < -0.4 is 21.9 Å². The maximum atomic E-state index is 13.5. The van der Waals surface area contributed by atoms with Gasteiger partial charge in [0.1, 0.15) is 11.4 Å². The van der Waals surface area contributed by atoms with Crippen LogP contribution in [0.1, 0.15) is 40.7 Å². The Hall–Kier alpha value is -4.25. The van der Waals surface area contributed by atoms with Crippen molar-refractivity contribution in [1.82, 2.24) is 24.8 Å². The van der Waals surface area contributed by atoms with Crippen molar-refractivity contribution < 1.29 is 13.6 Å². The van der Waals surface area contributed by atoms with Crippen molar-refractivity contribution in [2.75, 3.05) is 5.32 Å². The molecule has 1 fully saturated rings. The molecule has 37 heavy (non-hydrogen) atoms. The van der Waals surface area contributed by atoms with Crippen LogP contribution in [0, 0.1) is 11.6 Å². The van der Waals surface area contributed by atoms with Gasteiger partial charge in [-0.05, 0) is 54.7 Å². The lowest BCUT2D eigenvalue weighted by Gasteiger charge is -2.13. The first kappa shape index (κ1) is 24.4.